The summed E-state index contributed by atoms with van der Waals surface area (Å²) in [4.78, 5) is 12.0. The Hall–Kier alpha value is -2.12. The maximum Gasteiger partial charge on any atom is 0.255 e. The molecule has 116 valence electrons. The fourth-order valence-electron chi connectivity index (χ4n) is 1.71. The van der Waals surface area contributed by atoms with Crippen LogP contribution in [0.5, 0.6) is 0 Å². The fourth-order valence-corrected chi connectivity index (χ4v) is 2.57. The molecule has 22 heavy (non-hydrogen) atoms. The van der Waals surface area contributed by atoms with Gasteiger partial charge in [-0.05, 0) is 36.4 Å². The normalized spacial score (nSPS) is 11.0. The summed E-state index contributed by atoms with van der Waals surface area (Å²) in [5.74, 6) is -1.02. The maximum atomic E-state index is 13.1. The molecule has 1 amide bonds. The van der Waals surface area contributed by atoms with E-state index in [1.807, 2.05) is 0 Å². The Morgan fingerprint density at radius 2 is 1.91 bits per heavy atom. The number of anilines is 2. The van der Waals surface area contributed by atoms with E-state index in [0.29, 0.717) is 5.69 Å². The van der Waals surface area contributed by atoms with Crippen LogP contribution in [0, 0.1) is 5.82 Å². The molecule has 2 aromatic carbocycles. The molecular formula is C14H12ClFN2O3S. The van der Waals surface area contributed by atoms with Crippen LogP contribution in [0.4, 0.5) is 15.8 Å². The Bertz CT molecular complexity index is 825. The van der Waals surface area contributed by atoms with Crippen molar-refractivity contribution in [2.75, 3.05) is 16.3 Å². The number of nitrogens with one attached hydrogen (secondary N) is 2. The van der Waals surface area contributed by atoms with Crippen molar-refractivity contribution in [1.29, 1.82) is 0 Å². The molecule has 0 radical (unpaired) electrons. The van der Waals surface area contributed by atoms with Gasteiger partial charge in [0.25, 0.3) is 5.91 Å². The maximum absolute atomic E-state index is 13.1. The van der Waals surface area contributed by atoms with Crippen molar-refractivity contribution in [3.63, 3.8) is 0 Å². The van der Waals surface area contributed by atoms with Gasteiger partial charge in [0, 0.05) is 11.3 Å². The second-order valence-electron chi connectivity index (χ2n) is 4.53. The largest absolute Gasteiger partial charge is 0.322 e. The average Bonchev–Trinajstić information content (AvgIpc) is 2.40. The van der Waals surface area contributed by atoms with Gasteiger partial charge in [-0.1, -0.05) is 17.7 Å². The molecule has 0 aromatic heterocycles. The van der Waals surface area contributed by atoms with Crippen LogP contribution in [0.25, 0.3) is 0 Å². The lowest BCUT2D eigenvalue weighted by atomic mass is 10.2. The van der Waals surface area contributed by atoms with Crippen molar-refractivity contribution in [1.82, 2.24) is 0 Å². The van der Waals surface area contributed by atoms with Gasteiger partial charge in [-0.15, -0.1) is 0 Å². The Morgan fingerprint density at radius 1 is 1.18 bits per heavy atom. The molecule has 0 aliphatic rings. The quantitative estimate of drug-likeness (QED) is 0.896. The van der Waals surface area contributed by atoms with E-state index in [4.69, 9.17) is 11.6 Å². The van der Waals surface area contributed by atoms with Crippen molar-refractivity contribution < 1.29 is 17.6 Å². The molecule has 0 spiro atoms. The van der Waals surface area contributed by atoms with Gasteiger partial charge in [0.1, 0.15) is 5.82 Å². The highest BCUT2D eigenvalue weighted by atomic mass is 35.5. The Morgan fingerprint density at radius 3 is 2.50 bits per heavy atom. The number of halogens is 2. The summed E-state index contributed by atoms with van der Waals surface area (Å²) >= 11 is 5.95. The second-order valence-corrected chi connectivity index (χ2v) is 6.69. The molecule has 0 saturated heterocycles. The molecule has 5 nitrogen and oxygen atoms in total. The molecular weight excluding hydrogens is 331 g/mol. The van der Waals surface area contributed by atoms with Crippen molar-refractivity contribution in [2.24, 2.45) is 0 Å². The van der Waals surface area contributed by atoms with Crippen LogP contribution in [0.2, 0.25) is 5.02 Å². The summed E-state index contributed by atoms with van der Waals surface area (Å²) in [6.45, 7) is 0. The highest BCUT2D eigenvalue weighted by Crippen LogP contribution is 2.26. The van der Waals surface area contributed by atoms with Crippen molar-refractivity contribution in [3.8, 4) is 0 Å². The predicted octanol–water partition coefficient (Wildman–Crippen LogP) is 3.10. The molecule has 8 heteroatoms. The molecule has 0 aliphatic heterocycles. The number of carbonyl (C=O) groups is 1. The van der Waals surface area contributed by atoms with Gasteiger partial charge < -0.3 is 5.32 Å². The third-order valence-corrected chi connectivity index (χ3v) is 3.51. The first-order valence-corrected chi connectivity index (χ1v) is 8.36. The number of hydrogen-bond acceptors (Lipinski definition) is 3. The van der Waals surface area contributed by atoms with Crippen LogP contribution in [0.15, 0.2) is 42.5 Å². The van der Waals surface area contributed by atoms with Gasteiger partial charge in [-0.25, -0.2) is 12.8 Å². The first-order valence-electron chi connectivity index (χ1n) is 6.09. The first-order chi connectivity index (χ1) is 10.2. The summed E-state index contributed by atoms with van der Waals surface area (Å²) in [5.41, 5.74) is 0.723. The highest BCUT2D eigenvalue weighted by molar-refractivity contribution is 7.92. The van der Waals surface area contributed by atoms with Gasteiger partial charge in [0.05, 0.1) is 17.0 Å². The first kappa shape index (κ1) is 16.3. The van der Waals surface area contributed by atoms with Gasteiger partial charge in [-0.2, -0.15) is 0 Å². The Balaban J connectivity index is 2.17. The zero-order valence-electron chi connectivity index (χ0n) is 11.4. The number of hydrogen-bond donors (Lipinski definition) is 2. The van der Waals surface area contributed by atoms with Gasteiger partial charge in [-0.3, -0.25) is 9.52 Å². The molecule has 2 rings (SSSR count). The number of rotatable bonds is 4. The van der Waals surface area contributed by atoms with Gasteiger partial charge in [0.2, 0.25) is 10.0 Å². The Labute approximate surface area is 132 Å². The summed E-state index contributed by atoms with van der Waals surface area (Å²) in [7, 11) is -3.45. The van der Waals surface area contributed by atoms with Crippen molar-refractivity contribution >= 4 is 38.9 Å². The third kappa shape index (κ3) is 4.44. The topological polar surface area (TPSA) is 75.3 Å². The average molecular weight is 343 g/mol. The van der Waals surface area contributed by atoms with Crippen LogP contribution < -0.4 is 10.0 Å². The second kappa shape index (κ2) is 6.33. The highest BCUT2D eigenvalue weighted by Gasteiger charge is 2.10. The lowest BCUT2D eigenvalue weighted by Gasteiger charge is -2.09. The standard InChI is InChI=1S/C14H12ClFN2O3S/c1-22(20,21)18-13-6-5-11(8-12(13)15)17-14(19)9-3-2-4-10(16)7-9/h2-8,18H,1H3,(H,17,19). The van der Waals surface area contributed by atoms with E-state index in [1.165, 1.54) is 36.4 Å². The smallest absolute Gasteiger partial charge is 0.255 e. The minimum Gasteiger partial charge on any atom is -0.322 e. The fraction of sp³-hybridized carbons (Fsp3) is 0.0714. The van der Waals surface area contributed by atoms with Crippen LogP contribution in [0.3, 0.4) is 0 Å². The monoisotopic (exact) mass is 342 g/mol. The molecule has 0 saturated carbocycles. The lowest BCUT2D eigenvalue weighted by molar-refractivity contribution is 0.102. The summed E-state index contributed by atoms with van der Waals surface area (Å²) < 4.78 is 37.6. The minimum absolute atomic E-state index is 0.127. The SMILES string of the molecule is CS(=O)(=O)Nc1ccc(NC(=O)c2cccc(F)c2)cc1Cl. The predicted molar refractivity (Wildman–Crippen MR) is 84.3 cm³/mol. The number of amides is 1. The van der Waals surface area contributed by atoms with E-state index >= 15 is 0 Å². The van der Waals surface area contributed by atoms with Crippen LogP contribution >= 0.6 is 11.6 Å². The van der Waals surface area contributed by atoms with Gasteiger partial charge >= 0.3 is 0 Å². The minimum atomic E-state index is -3.45. The van der Waals surface area contributed by atoms with Gasteiger partial charge in [0.15, 0.2) is 0 Å². The number of carbonyl (C=O) groups excluding carboxylic acids is 1. The van der Waals surface area contributed by atoms with Crippen LogP contribution in [-0.2, 0) is 10.0 Å². The molecule has 2 aromatic rings. The van der Waals surface area contributed by atoms with E-state index in [9.17, 15) is 17.6 Å². The molecule has 2 N–H and O–H groups in total. The van der Waals surface area contributed by atoms with E-state index in [-0.39, 0.29) is 16.3 Å². The zero-order valence-corrected chi connectivity index (χ0v) is 13.0. The number of benzene rings is 2. The van der Waals surface area contributed by atoms with E-state index in [1.54, 1.807) is 0 Å². The molecule has 0 bridgehead atoms. The summed E-state index contributed by atoms with van der Waals surface area (Å²) in [5, 5.41) is 2.68. The molecule has 0 unspecified atom stereocenters. The Kier molecular flexibility index (Phi) is 4.68. The van der Waals surface area contributed by atoms with E-state index < -0.39 is 21.7 Å². The zero-order chi connectivity index (χ0) is 16.3. The molecule has 0 heterocycles. The molecule has 0 fully saturated rings. The van der Waals surface area contributed by atoms with E-state index in [0.717, 1.165) is 12.3 Å². The van der Waals surface area contributed by atoms with Crippen molar-refractivity contribution in [2.45, 2.75) is 0 Å². The third-order valence-electron chi connectivity index (χ3n) is 2.61. The molecule has 0 atom stereocenters. The van der Waals surface area contributed by atoms with Crippen molar-refractivity contribution in [3.05, 3.63) is 58.9 Å². The molecule has 0 aliphatic carbocycles. The van der Waals surface area contributed by atoms with E-state index in [2.05, 4.69) is 10.0 Å². The van der Waals surface area contributed by atoms with Crippen LogP contribution in [-0.4, -0.2) is 20.6 Å². The summed E-state index contributed by atoms with van der Waals surface area (Å²) in [6.07, 6.45) is 1.00. The number of sulfonamides is 1. The van der Waals surface area contributed by atoms with Crippen LogP contribution in [0.1, 0.15) is 10.4 Å². The lowest BCUT2D eigenvalue weighted by Crippen LogP contribution is -2.13. The summed E-state index contributed by atoms with van der Waals surface area (Å²) in [6, 6.07) is 9.54.